The molecule has 3 aromatic carbocycles. The number of carbonyl (C=O) groups excluding carboxylic acids is 1. The molecule has 0 spiro atoms. The lowest BCUT2D eigenvalue weighted by atomic mass is 10.0. The third-order valence-corrected chi connectivity index (χ3v) is 4.29. The van der Waals surface area contributed by atoms with Gasteiger partial charge in [-0.2, -0.15) is 0 Å². The van der Waals surface area contributed by atoms with Gasteiger partial charge in [0, 0.05) is 11.1 Å². The van der Waals surface area contributed by atoms with E-state index in [0.717, 1.165) is 11.1 Å². The van der Waals surface area contributed by atoms with Gasteiger partial charge in [0.2, 0.25) is 0 Å². The molecule has 28 heavy (non-hydrogen) atoms. The van der Waals surface area contributed by atoms with Gasteiger partial charge in [0.25, 0.3) is 0 Å². The zero-order chi connectivity index (χ0) is 19.3. The second kappa shape index (κ2) is 7.88. The van der Waals surface area contributed by atoms with Gasteiger partial charge in [0.05, 0.1) is 5.57 Å². The highest BCUT2D eigenvalue weighted by molar-refractivity contribution is 6.31. The first kappa shape index (κ1) is 17.7. The number of oxime groups is 1. The molecule has 0 bridgehead atoms. The van der Waals surface area contributed by atoms with Crippen LogP contribution in [-0.4, -0.2) is 11.7 Å². The Balaban J connectivity index is 1.50. The zero-order valence-corrected chi connectivity index (χ0v) is 14.8. The number of ether oxygens (including phenoxy) is 1. The van der Waals surface area contributed by atoms with Crippen molar-refractivity contribution < 1.29 is 18.8 Å². The SMILES string of the molecule is O=C1ON=C(c2ccccc2)/C1=C/c1ccc(OCc2ccccc2F)cc1. The lowest BCUT2D eigenvalue weighted by Gasteiger charge is -2.07. The van der Waals surface area contributed by atoms with Crippen LogP contribution in [0.2, 0.25) is 0 Å². The van der Waals surface area contributed by atoms with Gasteiger partial charge in [-0.05, 0) is 29.8 Å². The van der Waals surface area contributed by atoms with Crippen LogP contribution in [0.25, 0.3) is 6.08 Å². The summed E-state index contributed by atoms with van der Waals surface area (Å²) in [6, 6.07) is 23.1. The smallest absolute Gasteiger partial charge is 0.368 e. The first-order valence-electron chi connectivity index (χ1n) is 8.74. The Morgan fingerprint density at radius 2 is 1.64 bits per heavy atom. The molecule has 0 atom stereocenters. The van der Waals surface area contributed by atoms with Crippen LogP contribution in [0.5, 0.6) is 5.75 Å². The van der Waals surface area contributed by atoms with Crippen LogP contribution in [0.3, 0.4) is 0 Å². The molecule has 0 aliphatic carbocycles. The summed E-state index contributed by atoms with van der Waals surface area (Å²) in [5, 5.41) is 3.89. The van der Waals surface area contributed by atoms with Crippen LogP contribution in [0.1, 0.15) is 16.7 Å². The molecule has 1 aliphatic rings. The maximum absolute atomic E-state index is 13.7. The van der Waals surface area contributed by atoms with E-state index in [2.05, 4.69) is 5.16 Å². The van der Waals surface area contributed by atoms with Gasteiger partial charge in [-0.15, -0.1) is 0 Å². The second-order valence-corrected chi connectivity index (χ2v) is 6.19. The van der Waals surface area contributed by atoms with Gasteiger partial charge in [0.1, 0.15) is 23.9 Å². The van der Waals surface area contributed by atoms with Gasteiger partial charge < -0.3 is 9.57 Å². The van der Waals surface area contributed by atoms with Crippen molar-refractivity contribution in [1.82, 2.24) is 0 Å². The van der Waals surface area contributed by atoms with E-state index in [0.29, 0.717) is 22.6 Å². The van der Waals surface area contributed by atoms with Crippen LogP contribution in [-0.2, 0) is 16.2 Å². The third-order valence-electron chi connectivity index (χ3n) is 4.29. The lowest BCUT2D eigenvalue weighted by Crippen LogP contribution is -2.06. The standard InChI is InChI=1S/C23H16FNO3/c24-21-9-5-4-8-18(21)15-27-19-12-10-16(11-13-19)14-20-22(25-28-23(20)26)17-6-2-1-3-7-17/h1-14H,15H2/b20-14-. The van der Waals surface area contributed by atoms with E-state index in [1.807, 2.05) is 42.5 Å². The highest BCUT2D eigenvalue weighted by Crippen LogP contribution is 2.22. The Hall–Kier alpha value is -3.73. The van der Waals surface area contributed by atoms with Crippen molar-refractivity contribution in [3.63, 3.8) is 0 Å². The molecule has 0 saturated heterocycles. The number of hydrogen-bond donors (Lipinski definition) is 0. The molecule has 0 N–H and O–H groups in total. The van der Waals surface area contributed by atoms with Gasteiger partial charge in [-0.1, -0.05) is 65.8 Å². The highest BCUT2D eigenvalue weighted by atomic mass is 19.1. The van der Waals surface area contributed by atoms with Gasteiger partial charge in [-0.25, -0.2) is 9.18 Å². The van der Waals surface area contributed by atoms with Crippen LogP contribution in [0, 0.1) is 5.82 Å². The Bertz CT molecular complexity index is 1060. The molecule has 3 aromatic rings. The number of benzene rings is 3. The van der Waals surface area contributed by atoms with Gasteiger partial charge >= 0.3 is 5.97 Å². The molecule has 5 heteroatoms. The summed E-state index contributed by atoms with van der Waals surface area (Å²) >= 11 is 0. The average Bonchev–Trinajstić information content (AvgIpc) is 3.09. The number of hydrogen-bond acceptors (Lipinski definition) is 4. The van der Waals surface area contributed by atoms with Crippen molar-refractivity contribution in [1.29, 1.82) is 0 Å². The Morgan fingerprint density at radius 3 is 2.39 bits per heavy atom. The normalized spacial score (nSPS) is 14.7. The first-order valence-corrected chi connectivity index (χ1v) is 8.74. The summed E-state index contributed by atoms with van der Waals surface area (Å²) in [7, 11) is 0. The molecular formula is C23H16FNO3. The van der Waals surface area contributed by atoms with Gasteiger partial charge in [0.15, 0.2) is 0 Å². The van der Waals surface area contributed by atoms with E-state index in [4.69, 9.17) is 9.57 Å². The Kier molecular flexibility index (Phi) is 4.97. The maximum Gasteiger partial charge on any atom is 0.368 e. The molecule has 0 aromatic heterocycles. The molecule has 0 amide bonds. The molecule has 0 saturated carbocycles. The summed E-state index contributed by atoms with van der Waals surface area (Å²) < 4.78 is 19.3. The number of rotatable bonds is 5. The number of nitrogens with zero attached hydrogens (tertiary/aromatic N) is 1. The Labute approximate surface area is 161 Å². The predicted molar refractivity (Wildman–Crippen MR) is 104 cm³/mol. The van der Waals surface area contributed by atoms with Crippen molar-refractivity contribution in [2.45, 2.75) is 6.61 Å². The molecule has 138 valence electrons. The van der Waals surface area contributed by atoms with Gasteiger partial charge in [-0.3, -0.25) is 0 Å². The summed E-state index contributed by atoms with van der Waals surface area (Å²) in [4.78, 5) is 16.9. The van der Waals surface area contributed by atoms with Crippen molar-refractivity contribution in [3.8, 4) is 5.75 Å². The molecule has 0 unspecified atom stereocenters. The summed E-state index contributed by atoms with van der Waals surface area (Å²) in [6.45, 7) is 0.143. The van der Waals surface area contributed by atoms with Crippen LogP contribution in [0.4, 0.5) is 4.39 Å². The van der Waals surface area contributed by atoms with Crippen molar-refractivity contribution in [2.75, 3.05) is 0 Å². The number of halogens is 1. The largest absolute Gasteiger partial charge is 0.489 e. The van der Waals surface area contributed by atoms with Crippen molar-refractivity contribution >= 4 is 17.8 Å². The van der Waals surface area contributed by atoms with E-state index in [1.165, 1.54) is 6.07 Å². The topological polar surface area (TPSA) is 47.9 Å². The third kappa shape index (κ3) is 3.83. The predicted octanol–water partition coefficient (Wildman–Crippen LogP) is 4.75. The van der Waals surface area contributed by atoms with E-state index >= 15 is 0 Å². The molecule has 1 heterocycles. The minimum absolute atomic E-state index is 0.143. The summed E-state index contributed by atoms with van der Waals surface area (Å²) in [6.07, 6.45) is 1.72. The minimum Gasteiger partial charge on any atom is -0.489 e. The van der Waals surface area contributed by atoms with Crippen LogP contribution in [0.15, 0.2) is 89.6 Å². The molecule has 0 fully saturated rings. The summed E-state index contributed by atoms with van der Waals surface area (Å²) in [5.74, 6) is -0.175. The Morgan fingerprint density at radius 1 is 0.929 bits per heavy atom. The molecule has 1 aliphatic heterocycles. The fourth-order valence-corrected chi connectivity index (χ4v) is 2.82. The van der Waals surface area contributed by atoms with E-state index in [9.17, 15) is 9.18 Å². The maximum atomic E-state index is 13.7. The quantitative estimate of drug-likeness (QED) is 0.479. The molecule has 0 radical (unpaired) electrons. The fraction of sp³-hybridized carbons (Fsp3) is 0.0435. The van der Waals surface area contributed by atoms with Crippen LogP contribution < -0.4 is 4.74 Å². The van der Waals surface area contributed by atoms with E-state index < -0.39 is 5.97 Å². The lowest BCUT2D eigenvalue weighted by molar-refractivity contribution is -0.136. The highest BCUT2D eigenvalue weighted by Gasteiger charge is 2.26. The second-order valence-electron chi connectivity index (χ2n) is 6.19. The number of carbonyl (C=O) groups is 1. The monoisotopic (exact) mass is 373 g/mol. The fourth-order valence-electron chi connectivity index (χ4n) is 2.82. The van der Waals surface area contributed by atoms with Crippen molar-refractivity contribution in [3.05, 3.63) is 107 Å². The van der Waals surface area contributed by atoms with E-state index in [1.54, 1.807) is 36.4 Å². The summed E-state index contributed by atoms with van der Waals surface area (Å²) in [5.41, 5.74) is 3.00. The first-order chi connectivity index (χ1) is 13.7. The zero-order valence-electron chi connectivity index (χ0n) is 14.8. The minimum atomic E-state index is -0.487. The van der Waals surface area contributed by atoms with Crippen LogP contribution >= 0.6 is 0 Å². The molecular weight excluding hydrogens is 357 g/mol. The molecule has 4 nitrogen and oxygen atoms in total. The molecule has 4 rings (SSSR count). The van der Waals surface area contributed by atoms with E-state index in [-0.39, 0.29) is 12.4 Å². The van der Waals surface area contributed by atoms with Crippen molar-refractivity contribution in [2.24, 2.45) is 5.16 Å². The average molecular weight is 373 g/mol.